The molecule has 5 heteroatoms. The summed E-state index contributed by atoms with van der Waals surface area (Å²) in [5, 5.41) is 8.87. The molecule has 0 radical (unpaired) electrons. The van der Waals surface area contributed by atoms with Crippen LogP contribution < -0.4 is 5.32 Å². The largest absolute Gasteiger partial charge is 0.378 e. The molecule has 1 aromatic heterocycles. The summed E-state index contributed by atoms with van der Waals surface area (Å²) in [5.74, 6) is 0. The third-order valence-electron chi connectivity index (χ3n) is 2.63. The minimum Gasteiger partial charge on any atom is -0.378 e. The number of benzene rings is 1. The molecule has 18 heavy (non-hydrogen) atoms. The monoisotopic (exact) mass is 283 g/mol. The molecule has 1 aromatic carbocycles. The summed E-state index contributed by atoms with van der Waals surface area (Å²) in [7, 11) is 0. The Hall–Kier alpha value is -1.19. The molecule has 0 unspecified atom stereocenters. The second-order valence-corrected chi connectivity index (χ2v) is 5.24. The van der Waals surface area contributed by atoms with Crippen molar-refractivity contribution in [1.29, 1.82) is 0 Å². The van der Waals surface area contributed by atoms with Crippen LogP contribution in [0.5, 0.6) is 0 Å². The molecule has 0 spiro atoms. The number of rotatable bonds is 4. The summed E-state index contributed by atoms with van der Waals surface area (Å²) in [6, 6.07) is 5.86. The van der Waals surface area contributed by atoms with Crippen molar-refractivity contribution in [2.75, 3.05) is 5.32 Å². The number of nitrogens with zero attached hydrogens (tertiary/aromatic N) is 2. The van der Waals surface area contributed by atoms with Gasteiger partial charge in [-0.15, -0.1) is 0 Å². The first-order chi connectivity index (χ1) is 8.56. The molecule has 0 saturated carbocycles. The first kappa shape index (κ1) is 13.2. The molecule has 96 valence electrons. The van der Waals surface area contributed by atoms with Crippen molar-refractivity contribution in [2.24, 2.45) is 0 Å². The lowest BCUT2D eigenvalue weighted by Crippen LogP contribution is -2.01. The summed E-state index contributed by atoms with van der Waals surface area (Å²) in [4.78, 5) is 0. The lowest BCUT2D eigenvalue weighted by atomic mass is 10.2. The molecule has 0 aliphatic carbocycles. The van der Waals surface area contributed by atoms with E-state index in [4.69, 9.17) is 23.2 Å². The van der Waals surface area contributed by atoms with Gasteiger partial charge in [-0.1, -0.05) is 29.3 Å². The number of nitrogens with one attached hydrogen (secondary N) is 1. The van der Waals surface area contributed by atoms with Gasteiger partial charge in [-0.2, -0.15) is 5.10 Å². The number of hydrogen-bond donors (Lipinski definition) is 1. The van der Waals surface area contributed by atoms with Gasteiger partial charge in [0.1, 0.15) is 0 Å². The summed E-state index contributed by atoms with van der Waals surface area (Å²) in [6.45, 7) is 4.83. The normalized spacial score (nSPS) is 10.9. The second-order valence-electron chi connectivity index (χ2n) is 4.39. The van der Waals surface area contributed by atoms with Crippen LogP contribution in [-0.4, -0.2) is 9.78 Å². The molecule has 0 amide bonds. The lowest BCUT2D eigenvalue weighted by molar-refractivity contribution is 0.532. The Bertz CT molecular complexity index is 535. The fraction of sp³-hybridized carbons (Fsp3) is 0.308. The summed E-state index contributed by atoms with van der Waals surface area (Å²) in [6.07, 6.45) is 3.79. The molecule has 2 rings (SSSR count). The Balaban J connectivity index is 2.02. The van der Waals surface area contributed by atoms with E-state index in [1.165, 1.54) is 0 Å². The molecule has 1 heterocycles. The van der Waals surface area contributed by atoms with Crippen molar-refractivity contribution in [3.8, 4) is 0 Å². The van der Waals surface area contributed by atoms with E-state index in [1.807, 2.05) is 29.2 Å². The van der Waals surface area contributed by atoms with Gasteiger partial charge in [0.25, 0.3) is 0 Å². The Morgan fingerprint density at radius 1 is 1.33 bits per heavy atom. The third kappa shape index (κ3) is 3.18. The van der Waals surface area contributed by atoms with Gasteiger partial charge in [-0.25, -0.2) is 0 Å². The highest BCUT2D eigenvalue weighted by Gasteiger charge is 2.04. The maximum atomic E-state index is 6.11. The van der Waals surface area contributed by atoms with Crippen molar-refractivity contribution < 1.29 is 0 Å². The van der Waals surface area contributed by atoms with Crippen molar-refractivity contribution in [1.82, 2.24) is 9.78 Å². The molecule has 0 fully saturated rings. The van der Waals surface area contributed by atoms with Crippen LogP contribution in [0.3, 0.4) is 0 Å². The highest BCUT2D eigenvalue weighted by atomic mass is 35.5. The molecular weight excluding hydrogens is 269 g/mol. The zero-order chi connectivity index (χ0) is 13.1. The van der Waals surface area contributed by atoms with Gasteiger partial charge in [0.05, 0.1) is 11.9 Å². The van der Waals surface area contributed by atoms with Crippen molar-refractivity contribution in [3.05, 3.63) is 46.2 Å². The van der Waals surface area contributed by atoms with Crippen LogP contribution >= 0.6 is 23.2 Å². The minimum absolute atomic E-state index is 0.361. The van der Waals surface area contributed by atoms with E-state index >= 15 is 0 Å². The van der Waals surface area contributed by atoms with E-state index in [1.54, 1.807) is 6.07 Å². The standard InChI is InChI=1S/C13H15Cl2N3/c1-9(2)18-8-12(7-17-18)16-6-10-3-4-11(14)5-13(10)15/h3-5,7-9,16H,6H2,1-2H3. The van der Waals surface area contributed by atoms with Crippen LogP contribution in [0.4, 0.5) is 5.69 Å². The van der Waals surface area contributed by atoms with Crippen molar-refractivity contribution in [2.45, 2.75) is 26.4 Å². The lowest BCUT2D eigenvalue weighted by Gasteiger charge is -2.07. The maximum absolute atomic E-state index is 6.11. The third-order valence-corrected chi connectivity index (χ3v) is 3.22. The Morgan fingerprint density at radius 3 is 2.72 bits per heavy atom. The van der Waals surface area contributed by atoms with Gasteiger partial charge in [0, 0.05) is 28.8 Å². The highest BCUT2D eigenvalue weighted by Crippen LogP contribution is 2.22. The Labute approximate surface area is 117 Å². The zero-order valence-corrected chi connectivity index (χ0v) is 11.8. The van der Waals surface area contributed by atoms with Crippen LogP contribution in [0, 0.1) is 0 Å². The Kier molecular flexibility index (Phi) is 4.15. The van der Waals surface area contributed by atoms with Crippen molar-refractivity contribution >= 4 is 28.9 Å². The second kappa shape index (κ2) is 5.63. The average molecular weight is 284 g/mol. The topological polar surface area (TPSA) is 29.9 Å². The molecule has 1 N–H and O–H groups in total. The smallest absolute Gasteiger partial charge is 0.0729 e. The van der Waals surface area contributed by atoms with E-state index in [2.05, 4.69) is 24.3 Å². The minimum atomic E-state index is 0.361. The highest BCUT2D eigenvalue weighted by molar-refractivity contribution is 6.35. The van der Waals surface area contributed by atoms with E-state index in [0.717, 1.165) is 11.3 Å². The van der Waals surface area contributed by atoms with Gasteiger partial charge >= 0.3 is 0 Å². The zero-order valence-electron chi connectivity index (χ0n) is 10.3. The summed E-state index contributed by atoms with van der Waals surface area (Å²) >= 11 is 12.0. The number of aromatic nitrogens is 2. The average Bonchev–Trinajstić information content (AvgIpc) is 2.76. The van der Waals surface area contributed by atoms with Crippen LogP contribution in [0.25, 0.3) is 0 Å². The fourth-order valence-electron chi connectivity index (χ4n) is 1.57. The SMILES string of the molecule is CC(C)n1cc(NCc2ccc(Cl)cc2Cl)cn1. The van der Waals surface area contributed by atoms with Gasteiger partial charge in [0.2, 0.25) is 0 Å². The van der Waals surface area contributed by atoms with E-state index in [9.17, 15) is 0 Å². The van der Waals surface area contributed by atoms with Crippen LogP contribution in [-0.2, 0) is 6.54 Å². The first-order valence-electron chi connectivity index (χ1n) is 5.78. The summed E-state index contributed by atoms with van der Waals surface area (Å²) < 4.78 is 1.91. The van der Waals surface area contributed by atoms with E-state index < -0.39 is 0 Å². The van der Waals surface area contributed by atoms with Crippen LogP contribution in [0.2, 0.25) is 10.0 Å². The molecule has 3 nitrogen and oxygen atoms in total. The van der Waals surface area contributed by atoms with Crippen LogP contribution in [0.1, 0.15) is 25.5 Å². The van der Waals surface area contributed by atoms with Gasteiger partial charge in [-0.05, 0) is 31.5 Å². The first-order valence-corrected chi connectivity index (χ1v) is 6.54. The fourth-order valence-corrected chi connectivity index (χ4v) is 2.05. The molecular formula is C13H15Cl2N3. The predicted octanol–water partition coefficient (Wildman–Crippen LogP) is 4.38. The predicted molar refractivity (Wildman–Crippen MR) is 76.4 cm³/mol. The van der Waals surface area contributed by atoms with E-state index in [0.29, 0.717) is 22.6 Å². The van der Waals surface area contributed by atoms with Gasteiger partial charge in [0.15, 0.2) is 0 Å². The van der Waals surface area contributed by atoms with Gasteiger partial charge < -0.3 is 5.32 Å². The molecule has 0 aliphatic rings. The molecule has 0 saturated heterocycles. The number of hydrogen-bond acceptors (Lipinski definition) is 2. The van der Waals surface area contributed by atoms with E-state index in [-0.39, 0.29) is 0 Å². The molecule has 0 aliphatic heterocycles. The molecule has 2 aromatic rings. The molecule has 0 bridgehead atoms. The number of halogens is 2. The van der Waals surface area contributed by atoms with Crippen molar-refractivity contribution in [3.63, 3.8) is 0 Å². The summed E-state index contributed by atoms with van der Waals surface area (Å²) in [5.41, 5.74) is 1.99. The quantitative estimate of drug-likeness (QED) is 0.902. The van der Waals surface area contributed by atoms with Gasteiger partial charge in [-0.3, -0.25) is 4.68 Å². The number of anilines is 1. The van der Waals surface area contributed by atoms with Crippen LogP contribution in [0.15, 0.2) is 30.6 Å². The maximum Gasteiger partial charge on any atom is 0.0729 e. The Morgan fingerprint density at radius 2 is 2.11 bits per heavy atom. The molecule has 0 atom stereocenters.